The van der Waals surface area contributed by atoms with E-state index in [-0.39, 0.29) is 11.7 Å². The molecule has 9 heteroatoms. The van der Waals surface area contributed by atoms with Gasteiger partial charge in [0.1, 0.15) is 5.69 Å². The number of likely N-dealkylation sites (tertiary alicyclic amines) is 1. The summed E-state index contributed by atoms with van der Waals surface area (Å²) >= 11 is 0. The topological polar surface area (TPSA) is 107 Å². The van der Waals surface area contributed by atoms with Crippen LogP contribution >= 0.6 is 0 Å². The van der Waals surface area contributed by atoms with Gasteiger partial charge in [0.05, 0.1) is 26.1 Å². The summed E-state index contributed by atoms with van der Waals surface area (Å²) in [6.45, 7) is 4.44. The first-order valence-electron chi connectivity index (χ1n) is 9.86. The van der Waals surface area contributed by atoms with Gasteiger partial charge in [-0.15, -0.1) is 0 Å². The number of hydrogen-bond acceptors (Lipinski definition) is 9. The lowest BCUT2D eigenvalue weighted by atomic mass is 9.96. The Hall–Kier alpha value is -3.20. The van der Waals surface area contributed by atoms with E-state index in [2.05, 4.69) is 25.0 Å². The van der Waals surface area contributed by atoms with Crippen LogP contribution in [0.25, 0.3) is 11.6 Å². The first-order valence-corrected chi connectivity index (χ1v) is 9.86. The van der Waals surface area contributed by atoms with E-state index in [9.17, 15) is 5.11 Å². The number of nitrogens with zero attached hydrogens (tertiary/aromatic N) is 5. The molecular formula is C21H25N5O4. The summed E-state index contributed by atoms with van der Waals surface area (Å²) in [5.74, 6) is 2.23. The number of aromatic hydroxyl groups is 1. The second-order valence-corrected chi connectivity index (χ2v) is 7.40. The lowest BCUT2D eigenvalue weighted by Crippen LogP contribution is -2.32. The van der Waals surface area contributed by atoms with Gasteiger partial charge in [0.2, 0.25) is 5.75 Å². The predicted molar refractivity (Wildman–Crippen MR) is 109 cm³/mol. The van der Waals surface area contributed by atoms with Crippen LogP contribution in [-0.2, 0) is 6.54 Å². The maximum atomic E-state index is 10.1. The van der Waals surface area contributed by atoms with Crippen LogP contribution in [0.5, 0.6) is 17.2 Å². The summed E-state index contributed by atoms with van der Waals surface area (Å²) in [6.07, 6.45) is 5.20. The molecule has 158 valence electrons. The Balaban J connectivity index is 1.38. The molecule has 1 fully saturated rings. The highest BCUT2D eigenvalue weighted by molar-refractivity contribution is 5.52. The largest absolute Gasteiger partial charge is 0.502 e. The molecule has 0 unspecified atom stereocenters. The molecule has 3 aromatic rings. The van der Waals surface area contributed by atoms with Crippen molar-refractivity contribution in [2.75, 3.05) is 27.3 Å². The molecule has 4 rings (SSSR count). The first-order chi connectivity index (χ1) is 14.6. The van der Waals surface area contributed by atoms with Crippen LogP contribution in [0.2, 0.25) is 0 Å². The normalized spacial score (nSPS) is 15.3. The van der Waals surface area contributed by atoms with E-state index in [0.717, 1.165) is 49.6 Å². The van der Waals surface area contributed by atoms with Gasteiger partial charge in [0.15, 0.2) is 17.3 Å². The molecule has 1 saturated heterocycles. The van der Waals surface area contributed by atoms with Gasteiger partial charge in [-0.1, -0.05) is 5.16 Å². The molecule has 0 aliphatic carbocycles. The fourth-order valence-electron chi connectivity index (χ4n) is 3.65. The smallest absolute Gasteiger partial charge is 0.278 e. The summed E-state index contributed by atoms with van der Waals surface area (Å²) < 4.78 is 15.9. The predicted octanol–water partition coefficient (Wildman–Crippen LogP) is 2.94. The molecule has 3 heterocycles. The van der Waals surface area contributed by atoms with E-state index >= 15 is 0 Å². The summed E-state index contributed by atoms with van der Waals surface area (Å²) in [6, 6.07) is 3.69. The quantitative estimate of drug-likeness (QED) is 0.655. The Morgan fingerprint density at radius 1 is 1.10 bits per heavy atom. The van der Waals surface area contributed by atoms with Gasteiger partial charge < -0.3 is 19.1 Å². The van der Waals surface area contributed by atoms with E-state index in [4.69, 9.17) is 14.0 Å². The molecule has 1 N–H and O–H groups in total. The van der Waals surface area contributed by atoms with Gasteiger partial charge >= 0.3 is 0 Å². The molecule has 30 heavy (non-hydrogen) atoms. The van der Waals surface area contributed by atoms with Crippen molar-refractivity contribution in [2.24, 2.45) is 0 Å². The van der Waals surface area contributed by atoms with Gasteiger partial charge in [0.25, 0.3) is 5.89 Å². The van der Waals surface area contributed by atoms with Gasteiger partial charge in [-0.3, -0.25) is 9.88 Å². The second-order valence-electron chi connectivity index (χ2n) is 7.40. The zero-order chi connectivity index (χ0) is 21.1. The van der Waals surface area contributed by atoms with Crippen LogP contribution in [0.3, 0.4) is 0 Å². The Labute approximate surface area is 174 Å². The molecule has 0 atom stereocenters. The van der Waals surface area contributed by atoms with Crippen molar-refractivity contribution < 1.29 is 19.1 Å². The molecule has 0 spiro atoms. The van der Waals surface area contributed by atoms with Gasteiger partial charge in [-0.2, -0.15) is 4.98 Å². The minimum Gasteiger partial charge on any atom is -0.502 e. The Kier molecular flexibility index (Phi) is 5.80. The van der Waals surface area contributed by atoms with Crippen LogP contribution in [0.1, 0.15) is 35.8 Å². The fraction of sp³-hybridized carbons (Fsp3) is 0.429. The number of piperidine rings is 1. The number of methoxy groups -OCH3 is 2. The first kappa shape index (κ1) is 20.1. The maximum Gasteiger partial charge on any atom is 0.278 e. The monoisotopic (exact) mass is 411 g/mol. The standard InChI is InChI=1S/C21H25N5O4/c1-13-10-23-16(11-22-13)21-24-20(25-30-21)15-4-6-26(7-5-15)12-14-8-17(28-2)19(27)18(9-14)29-3/h8-11,15,27H,4-7,12H2,1-3H3. The van der Waals surface area contributed by atoms with Crippen LogP contribution in [0.4, 0.5) is 0 Å². The number of hydrogen-bond donors (Lipinski definition) is 1. The molecule has 9 nitrogen and oxygen atoms in total. The number of ether oxygens (including phenoxy) is 2. The lowest BCUT2D eigenvalue weighted by Gasteiger charge is -2.30. The van der Waals surface area contributed by atoms with E-state index in [1.807, 2.05) is 19.1 Å². The highest BCUT2D eigenvalue weighted by Crippen LogP contribution is 2.38. The summed E-state index contributed by atoms with van der Waals surface area (Å²) in [5, 5.41) is 14.3. The zero-order valence-corrected chi connectivity index (χ0v) is 17.3. The molecule has 0 amide bonds. The average Bonchev–Trinajstić information content (AvgIpc) is 3.26. The molecule has 2 aromatic heterocycles. The maximum absolute atomic E-state index is 10.1. The van der Waals surface area contributed by atoms with Crippen molar-refractivity contribution in [1.29, 1.82) is 0 Å². The van der Waals surface area contributed by atoms with Gasteiger partial charge in [-0.05, 0) is 50.6 Å². The van der Waals surface area contributed by atoms with E-state index < -0.39 is 0 Å². The highest BCUT2D eigenvalue weighted by atomic mass is 16.5. The minimum absolute atomic E-state index is 0.0219. The van der Waals surface area contributed by atoms with Crippen molar-refractivity contribution in [3.8, 4) is 28.8 Å². The molecule has 0 bridgehead atoms. The van der Waals surface area contributed by atoms with Crippen LogP contribution in [-0.4, -0.2) is 57.4 Å². The molecule has 0 saturated carbocycles. The van der Waals surface area contributed by atoms with E-state index in [0.29, 0.717) is 23.1 Å². The van der Waals surface area contributed by atoms with Gasteiger partial charge in [-0.25, -0.2) is 4.98 Å². The molecular weight excluding hydrogens is 386 g/mol. The van der Waals surface area contributed by atoms with Crippen molar-refractivity contribution in [1.82, 2.24) is 25.0 Å². The number of aryl methyl sites for hydroxylation is 1. The lowest BCUT2D eigenvalue weighted by molar-refractivity contribution is 0.199. The third-order valence-corrected chi connectivity index (χ3v) is 5.34. The number of benzene rings is 1. The van der Waals surface area contributed by atoms with Crippen molar-refractivity contribution in [3.63, 3.8) is 0 Å². The van der Waals surface area contributed by atoms with Gasteiger partial charge in [0, 0.05) is 18.7 Å². The number of aromatic nitrogens is 4. The summed E-state index contributed by atoms with van der Waals surface area (Å²) in [4.78, 5) is 15.4. The number of phenolic OH excluding ortho intramolecular Hbond substituents is 1. The summed E-state index contributed by atoms with van der Waals surface area (Å²) in [5.41, 5.74) is 2.46. The highest BCUT2D eigenvalue weighted by Gasteiger charge is 2.25. The molecule has 1 aromatic carbocycles. The Morgan fingerprint density at radius 3 is 2.40 bits per heavy atom. The molecule has 1 aliphatic heterocycles. The molecule has 0 radical (unpaired) electrons. The third-order valence-electron chi connectivity index (χ3n) is 5.34. The van der Waals surface area contributed by atoms with Crippen LogP contribution in [0, 0.1) is 6.92 Å². The van der Waals surface area contributed by atoms with E-state index in [1.54, 1.807) is 12.4 Å². The van der Waals surface area contributed by atoms with Crippen molar-refractivity contribution in [2.45, 2.75) is 32.2 Å². The van der Waals surface area contributed by atoms with Crippen molar-refractivity contribution >= 4 is 0 Å². The molecule has 1 aliphatic rings. The van der Waals surface area contributed by atoms with Crippen molar-refractivity contribution in [3.05, 3.63) is 41.6 Å². The van der Waals surface area contributed by atoms with Crippen LogP contribution in [0.15, 0.2) is 29.0 Å². The Morgan fingerprint density at radius 2 is 1.80 bits per heavy atom. The second kappa shape index (κ2) is 8.66. The minimum atomic E-state index is 0.0219. The average molecular weight is 411 g/mol. The zero-order valence-electron chi connectivity index (χ0n) is 17.3. The number of phenols is 1. The van der Waals surface area contributed by atoms with Crippen LogP contribution < -0.4 is 9.47 Å². The fourth-order valence-corrected chi connectivity index (χ4v) is 3.65. The third kappa shape index (κ3) is 4.20. The number of rotatable bonds is 6. The Bertz CT molecular complexity index is 972. The summed E-state index contributed by atoms with van der Waals surface area (Å²) in [7, 11) is 3.07. The van der Waals surface area contributed by atoms with E-state index in [1.165, 1.54) is 14.2 Å². The SMILES string of the molecule is COc1cc(CN2CCC(c3noc(-c4cnc(C)cn4)n3)CC2)cc(OC)c1O.